The molecule has 0 saturated carbocycles. The predicted molar refractivity (Wildman–Crippen MR) is 92.2 cm³/mol. The largest absolute Gasteiger partial charge is 0.354 e. The maximum absolute atomic E-state index is 12.3. The number of nitrogens with zero attached hydrogens (tertiary/aromatic N) is 3. The molecule has 1 aliphatic rings. The van der Waals surface area contributed by atoms with E-state index >= 15 is 0 Å². The molecule has 1 aliphatic heterocycles. The number of hydrogen-bond acceptors (Lipinski definition) is 3. The summed E-state index contributed by atoms with van der Waals surface area (Å²) in [5.74, 6) is 0.603. The van der Waals surface area contributed by atoms with E-state index in [1.807, 2.05) is 24.3 Å². The molecule has 1 aromatic heterocycles. The number of aromatic nitrogens is 3. The Morgan fingerprint density at radius 2 is 2.00 bits per heavy atom. The van der Waals surface area contributed by atoms with E-state index in [1.165, 1.54) is 4.68 Å². The molecular formula is C17H21ClN4O2. The van der Waals surface area contributed by atoms with Crippen LogP contribution in [0, 0.1) is 0 Å². The predicted octanol–water partition coefficient (Wildman–Crippen LogP) is 1.78. The second-order valence-electron chi connectivity index (χ2n) is 6.05. The molecule has 2 aromatic rings. The van der Waals surface area contributed by atoms with Gasteiger partial charge in [0.15, 0.2) is 0 Å². The first-order valence-electron chi connectivity index (χ1n) is 8.31. The lowest BCUT2D eigenvalue weighted by molar-refractivity contribution is -0.121. The maximum atomic E-state index is 12.3. The van der Waals surface area contributed by atoms with E-state index in [-0.39, 0.29) is 18.1 Å². The Hall–Kier alpha value is -2.08. The highest BCUT2D eigenvalue weighted by Crippen LogP contribution is 2.10. The minimum absolute atomic E-state index is 0.0283. The van der Waals surface area contributed by atoms with Crippen LogP contribution in [0.15, 0.2) is 29.1 Å². The van der Waals surface area contributed by atoms with Gasteiger partial charge in [0, 0.05) is 24.5 Å². The molecule has 6 nitrogen and oxygen atoms in total. The van der Waals surface area contributed by atoms with Gasteiger partial charge in [-0.05, 0) is 37.0 Å². The van der Waals surface area contributed by atoms with Gasteiger partial charge < -0.3 is 5.32 Å². The quantitative estimate of drug-likeness (QED) is 0.895. The van der Waals surface area contributed by atoms with Crippen LogP contribution in [0.2, 0.25) is 5.02 Å². The molecule has 0 aliphatic carbocycles. The van der Waals surface area contributed by atoms with Crippen LogP contribution >= 0.6 is 11.6 Å². The molecule has 0 unspecified atom stereocenters. The first-order chi connectivity index (χ1) is 11.6. The summed E-state index contributed by atoms with van der Waals surface area (Å²) in [5.41, 5.74) is 0.922. The molecule has 1 N–H and O–H groups in total. The minimum Gasteiger partial charge on any atom is -0.354 e. The number of carbonyl (C=O) groups is 1. The molecule has 7 heteroatoms. The number of fused-ring (bicyclic) bond motifs is 1. The van der Waals surface area contributed by atoms with Gasteiger partial charge in [0.05, 0.1) is 0 Å². The van der Waals surface area contributed by atoms with E-state index < -0.39 is 0 Å². The van der Waals surface area contributed by atoms with E-state index in [9.17, 15) is 9.59 Å². The summed E-state index contributed by atoms with van der Waals surface area (Å²) in [7, 11) is 0. The fraction of sp³-hybridized carbons (Fsp3) is 0.471. The van der Waals surface area contributed by atoms with E-state index in [1.54, 1.807) is 4.57 Å². The summed E-state index contributed by atoms with van der Waals surface area (Å²) >= 11 is 5.84. The molecule has 0 fully saturated rings. The van der Waals surface area contributed by atoms with Gasteiger partial charge in [-0.3, -0.25) is 9.36 Å². The van der Waals surface area contributed by atoms with Crippen LogP contribution in [-0.4, -0.2) is 26.8 Å². The van der Waals surface area contributed by atoms with Crippen LogP contribution in [-0.2, 0) is 30.7 Å². The van der Waals surface area contributed by atoms with Crippen molar-refractivity contribution in [3.63, 3.8) is 0 Å². The standard InChI is InChI=1S/C17H21ClN4O2/c18-14-7-5-13(6-8-14)9-10-19-16(23)12-22-17(24)21-11-3-1-2-4-15(21)20-22/h5-8H,1-4,9-12H2,(H,19,23). The van der Waals surface area contributed by atoms with Crippen molar-refractivity contribution in [1.82, 2.24) is 19.7 Å². The van der Waals surface area contributed by atoms with E-state index in [2.05, 4.69) is 10.4 Å². The molecular weight excluding hydrogens is 328 g/mol. The normalized spacial score (nSPS) is 14.0. The number of halogens is 1. The number of aryl methyl sites for hydroxylation is 1. The van der Waals surface area contributed by atoms with E-state index in [4.69, 9.17) is 11.6 Å². The minimum atomic E-state index is -0.195. The van der Waals surface area contributed by atoms with Crippen molar-refractivity contribution in [3.8, 4) is 0 Å². The van der Waals surface area contributed by atoms with Crippen molar-refractivity contribution < 1.29 is 4.79 Å². The average molecular weight is 349 g/mol. The Bertz CT molecular complexity index is 764. The monoisotopic (exact) mass is 348 g/mol. The third-order valence-electron chi connectivity index (χ3n) is 4.22. The van der Waals surface area contributed by atoms with Crippen LogP contribution in [0.1, 0.15) is 30.7 Å². The first kappa shape index (κ1) is 16.8. The van der Waals surface area contributed by atoms with Gasteiger partial charge in [-0.2, -0.15) is 5.10 Å². The lowest BCUT2D eigenvalue weighted by Gasteiger charge is -2.05. The highest BCUT2D eigenvalue weighted by atomic mass is 35.5. The summed E-state index contributed by atoms with van der Waals surface area (Å²) in [6.45, 7) is 1.19. The lowest BCUT2D eigenvalue weighted by atomic mass is 10.1. The number of amides is 1. The zero-order valence-corrected chi connectivity index (χ0v) is 14.3. The Labute approximate surface area is 145 Å². The number of carbonyl (C=O) groups excluding carboxylic acids is 1. The second-order valence-corrected chi connectivity index (χ2v) is 6.48. The van der Waals surface area contributed by atoms with Gasteiger partial charge in [0.2, 0.25) is 5.91 Å². The molecule has 0 bridgehead atoms. The number of benzene rings is 1. The zero-order chi connectivity index (χ0) is 16.9. The number of hydrogen-bond donors (Lipinski definition) is 1. The van der Waals surface area contributed by atoms with Crippen molar-refractivity contribution in [3.05, 3.63) is 51.2 Å². The molecule has 0 radical (unpaired) electrons. The topological polar surface area (TPSA) is 68.9 Å². The van der Waals surface area contributed by atoms with Gasteiger partial charge in [0.1, 0.15) is 12.4 Å². The highest BCUT2D eigenvalue weighted by Gasteiger charge is 2.16. The number of nitrogens with one attached hydrogen (secondary N) is 1. The van der Waals surface area contributed by atoms with Gasteiger partial charge in [0.25, 0.3) is 0 Å². The third kappa shape index (κ3) is 4.06. The van der Waals surface area contributed by atoms with Crippen LogP contribution in [0.3, 0.4) is 0 Å². The Morgan fingerprint density at radius 1 is 1.21 bits per heavy atom. The van der Waals surface area contributed by atoms with Gasteiger partial charge in [-0.1, -0.05) is 30.2 Å². The Balaban J connectivity index is 1.53. The first-order valence-corrected chi connectivity index (χ1v) is 8.69. The zero-order valence-electron chi connectivity index (χ0n) is 13.5. The van der Waals surface area contributed by atoms with Crippen LogP contribution in [0.4, 0.5) is 0 Å². The molecule has 2 heterocycles. The summed E-state index contributed by atoms with van der Waals surface area (Å²) in [4.78, 5) is 24.3. The molecule has 128 valence electrons. The molecule has 1 aromatic carbocycles. The van der Waals surface area contributed by atoms with Gasteiger partial charge >= 0.3 is 5.69 Å². The van der Waals surface area contributed by atoms with Crippen molar-refractivity contribution >= 4 is 17.5 Å². The van der Waals surface area contributed by atoms with Crippen molar-refractivity contribution in [1.29, 1.82) is 0 Å². The average Bonchev–Trinajstić information content (AvgIpc) is 2.75. The van der Waals surface area contributed by atoms with Crippen LogP contribution in [0.25, 0.3) is 0 Å². The highest BCUT2D eigenvalue weighted by molar-refractivity contribution is 6.30. The third-order valence-corrected chi connectivity index (χ3v) is 4.48. The summed E-state index contributed by atoms with van der Waals surface area (Å²) < 4.78 is 2.98. The maximum Gasteiger partial charge on any atom is 0.346 e. The van der Waals surface area contributed by atoms with Crippen molar-refractivity contribution in [2.45, 2.75) is 45.2 Å². The van der Waals surface area contributed by atoms with E-state index in [0.717, 1.165) is 43.5 Å². The fourth-order valence-electron chi connectivity index (χ4n) is 2.92. The van der Waals surface area contributed by atoms with Crippen LogP contribution < -0.4 is 11.0 Å². The number of rotatable bonds is 5. The fourth-order valence-corrected chi connectivity index (χ4v) is 3.04. The Morgan fingerprint density at radius 3 is 2.79 bits per heavy atom. The molecule has 0 spiro atoms. The molecule has 3 rings (SSSR count). The van der Waals surface area contributed by atoms with Crippen molar-refractivity contribution in [2.24, 2.45) is 0 Å². The molecule has 24 heavy (non-hydrogen) atoms. The van der Waals surface area contributed by atoms with Gasteiger partial charge in [-0.25, -0.2) is 9.48 Å². The molecule has 1 amide bonds. The lowest BCUT2D eigenvalue weighted by Crippen LogP contribution is -2.34. The second kappa shape index (κ2) is 7.66. The van der Waals surface area contributed by atoms with Crippen LogP contribution in [0.5, 0.6) is 0 Å². The summed E-state index contributed by atoms with van der Waals surface area (Å²) in [5, 5.41) is 7.85. The van der Waals surface area contributed by atoms with E-state index in [0.29, 0.717) is 18.1 Å². The summed E-state index contributed by atoms with van der Waals surface area (Å²) in [6.07, 6.45) is 4.68. The SMILES string of the molecule is O=C(Cn1nc2n(c1=O)CCCCC2)NCCc1ccc(Cl)cc1. The van der Waals surface area contributed by atoms with Gasteiger partial charge in [-0.15, -0.1) is 0 Å². The van der Waals surface area contributed by atoms with Crippen molar-refractivity contribution in [2.75, 3.05) is 6.54 Å². The summed E-state index contributed by atoms with van der Waals surface area (Å²) in [6, 6.07) is 7.53. The molecule has 0 atom stereocenters. The Kier molecular flexibility index (Phi) is 5.35. The smallest absolute Gasteiger partial charge is 0.346 e. The molecule has 0 saturated heterocycles.